The van der Waals surface area contributed by atoms with Crippen molar-refractivity contribution in [1.82, 2.24) is 0 Å². The molecule has 2 heteroatoms. The average molecular weight is 253 g/mol. The van der Waals surface area contributed by atoms with Crippen LogP contribution in [-0.4, -0.2) is 16.1 Å². The third-order valence-corrected chi connectivity index (χ3v) is 8.71. The fourth-order valence-electron chi connectivity index (χ4n) is 3.69. The van der Waals surface area contributed by atoms with Crippen molar-refractivity contribution in [3.8, 4) is 0 Å². The minimum Gasteiger partial charge on any atom is -0.0794 e. The molecular weight excluding hydrogens is 224 g/mol. The molecular formula is C14H28Si2. The Kier molecular flexibility index (Phi) is 2.83. The first kappa shape index (κ1) is 12.6. The van der Waals surface area contributed by atoms with Gasteiger partial charge in [-0.2, -0.15) is 0 Å². The third kappa shape index (κ3) is 2.53. The van der Waals surface area contributed by atoms with Gasteiger partial charge in [0.2, 0.25) is 0 Å². The highest BCUT2D eigenvalue weighted by atomic mass is 28.3. The molecule has 16 heavy (non-hydrogen) atoms. The minimum absolute atomic E-state index is 0.708. The van der Waals surface area contributed by atoms with Crippen LogP contribution in [0.4, 0.5) is 0 Å². The lowest BCUT2D eigenvalue weighted by molar-refractivity contribution is 0.625. The molecule has 0 aromatic rings. The summed E-state index contributed by atoms with van der Waals surface area (Å²) < 4.78 is 0. The molecule has 2 aliphatic rings. The number of allylic oxidation sites excluding steroid dienone is 2. The zero-order valence-electron chi connectivity index (χ0n) is 12.0. The van der Waals surface area contributed by atoms with Gasteiger partial charge in [-0.25, -0.2) is 0 Å². The third-order valence-electron chi connectivity index (χ3n) is 4.32. The van der Waals surface area contributed by atoms with Crippen LogP contribution in [0, 0.1) is 5.41 Å². The number of hydrogen-bond acceptors (Lipinski definition) is 0. The normalized spacial score (nSPS) is 34.4. The maximum Gasteiger partial charge on any atom is 0.0483 e. The molecule has 0 radical (unpaired) electrons. The molecule has 92 valence electrons. The van der Waals surface area contributed by atoms with Crippen LogP contribution in [0.25, 0.3) is 0 Å². The Morgan fingerprint density at radius 3 is 2.25 bits per heavy atom. The SMILES string of the molecule is C[Si](C)(C)CC1=CC2(CC1)CC2[Si](C)(C)C. The predicted molar refractivity (Wildman–Crippen MR) is 79.6 cm³/mol. The van der Waals surface area contributed by atoms with Crippen molar-refractivity contribution >= 4 is 16.1 Å². The van der Waals surface area contributed by atoms with E-state index in [1.54, 1.807) is 0 Å². The summed E-state index contributed by atoms with van der Waals surface area (Å²) in [6.45, 7) is 15.2. The quantitative estimate of drug-likeness (QED) is 0.482. The van der Waals surface area contributed by atoms with Crippen molar-refractivity contribution in [3.05, 3.63) is 11.6 Å². The zero-order valence-corrected chi connectivity index (χ0v) is 14.0. The lowest BCUT2D eigenvalue weighted by atomic mass is 10.1. The standard InChI is InChI=1S/C14H28Si2/c1-15(2,3)11-12-7-8-14(9-12)10-13(14)16(4,5)6/h9,13H,7-8,10-11H2,1-6H3. The number of rotatable bonds is 3. The van der Waals surface area contributed by atoms with E-state index in [9.17, 15) is 0 Å². The molecule has 1 fully saturated rings. The van der Waals surface area contributed by atoms with Crippen LogP contribution in [0.3, 0.4) is 0 Å². The molecule has 0 aliphatic heterocycles. The largest absolute Gasteiger partial charge is 0.0794 e. The Hall–Kier alpha value is 0.174. The first-order chi connectivity index (χ1) is 7.12. The van der Waals surface area contributed by atoms with Gasteiger partial charge in [-0.15, -0.1) is 0 Å². The van der Waals surface area contributed by atoms with Gasteiger partial charge >= 0.3 is 0 Å². The summed E-state index contributed by atoms with van der Waals surface area (Å²) >= 11 is 0. The van der Waals surface area contributed by atoms with Crippen molar-refractivity contribution in [1.29, 1.82) is 0 Å². The van der Waals surface area contributed by atoms with E-state index in [1.807, 2.05) is 5.57 Å². The molecule has 2 unspecified atom stereocenters. The topological polar surface area (TPSA) is 0 Å². The van der Waals surface area contributed by atoms with Gasteiger partial charge in [0.15, 0.2) is 0 Å². The molecule has 2 atom stereocenters. The lowest BCUT2D eigenvalue weighted by Gasteiger charge is -2.18. The van der Waals surface area contributed by atoms with Crippen LogP contribution in [0.5, 0.6) is 0 Å². The molecule has 0 aromatic carbocycles. The Morgan fingerprint density at radius 1 is 1.19 bits per heavy atom. The minimum atomic E-state index is -0.882. The highest BCUT2D eigenvalue weighted by Gasteiger charge is 2.59. The van der Waals surface area contributed by atoms with E-state index in [4.69, 9.17) is 0 Å². The van der Waals surface area contributed by atoms with E-state index in [-0.39, 0.29) is 0 Å². The summed E-state index contributed by atoms with van der Waals surface area (Å²) in [5.41, 5.74) is 3.62. The van der Waals surface area contributed by atoms with Crippen molar-refractivity contribution in [2.75, 3.05) is 0 Å². The second-order valence-corrected chi connectivity index (χ2v) is 19.3. The summed E-state index contributed by atoms with van der Waals surface area (Å²) in [5, 5.41) is 0. The molecule has 0 nitrogen and oxygen atoms in total. The lowest BCUT2D eigenvalue weighted by Crippen LogP contribution is -2.22. The molecule has 0 heterocycles. The van der Waals surface area contributed by atoms with Gasteiger partial charge in [-0.05, 0) is 36.3 Å². The molecule has 2 rings (SSSR count). The van der Waals surface area contributed by atoms with E-state index in [0.717, 1.165) is 5.54 Å². The summed E-state index contributed by atoms with van der Waals surface area (Å²) in [4.78, 5) is 0. The van der Waals surface area contributed by atoms with Crippen molar-refractivity contribution < 1.29 is 0 Å². The number of hydrogen-bond donors (Lipinski definition) is 0. The van der Waals surface area contributed by atoms with E-state index >= 15 is 0 Å². The van der Waals surface area contributed by atoms with Gasteiger partial charge < -0.3 is 0 Å². The van der Waals surface area contributed by atoms with Gasteiger partial charge in [-0.1, -0.05) is 50.9 Å². The average Bonchev–Trinajstić information content (AvgIpc) is 2.59. The van der Waals surface area contributed by atoms with Crippen LogP contribution in [0.15, 0.2) is 11.6 Å². The van der Waals surface area contributed by atoms with Gasteiger partial charge in [0.25, 0.3) is 0 Å². The Bertz CT molecular complexity index is 317. The van der Waals surface area contributed by atoms with Crippen molar-refractivity contribution in [3.63, 3.8) is 0 Å². The second-order valence-electron chi connectivity index (χ2n) is 8.40. The van der Waals surface area contributed by atoms with E-state index in [2.05, 4.69) is 45.4 Å². The molecule has 0 aromatic heterocycles. The predicted octanol–water partition coefficient (Wildman–Crippen LogP) is 5.14. The van der Waals surface area contributed by atoms with Gasteiger partial charge in [-0.3, -0.25) is 0 Å². The van der Waals surface area contributed by atoms with E-state index in [1.165, 1.54) is 25.3 Å². The Balaban J connectivity index is 2.03. The second kappa shape index (κ2) is 3.58. The van der Waals surface area contributed by atoms with Crippen molar-refractivity contribution in [2.24, 2.45) is 5.41 Å². The van der Waals surface area contributed by atoms with Gasteiger partial charge in [0.05, 0.1) is 0 Å². The summed E-state index contributed by atoms with van der Waals surface area (Å²) in [6.07, 6.45) is 7.17. The Labute approximate surface area is 104 Å². The van der Waals surface area contributed by atoms with Crippen LogP contribution in [-0.2, 0) is 0 Å². The highest BCUT2D eigenvalue weighted by molar-refractivity contribution is 6.78. The summed E-state index contributed by atoms with van der Waals surface area (Å²) in [6, 6.07) is 1.45. The van der Waals surface area contributed by atoms with E-state index in [0.29, 0.717) is 5.41 Å². The van der Waals surface area contributed by atoms with Crippen LogP contribution >= 0.6 is 0 Å². The Morgan fingerprint density at radius 2 is 1.81 bits per heavy atom. The summed E-state index contributed by atoms with van der Waals surface area (Å²) in [5.74, 6) is 0. The molecule has 0 saturated heterocycles. The van der Waals surface area contributed by atoms with Crippen molar-refractivity contribution in [2.45, 2.75) is 70.1 Å². The van der Waals surface area contributed by atoms with Crippen LogP contribution in [0.2, 0.25) is 50.9 Å². The van der Waals surface area contributed by atoms with Gasteiger partial charge in [0.1, 0.15) is 0 Å². The molecule has 2 aliphatic carbocycles. The van der Waals surface area contributed by atoms with Crippen LogP contribution in [0.1, 0.15) is 19.3 Å². The molecule has 1 spiro atoms. The fourth-order valence-corrected chi connectivity index (χ4v) is 8.28. The highest BCUT2D eigenvalue weighted by Crippen LogP contribution is 2.69. The first-order valence-electron chi connectivity index (χ1n) is 6.83. The summed E-state index contributed by atoms with van der Waals surface area (Å²) in [7, 11) is -1.76. The zero-order chi connectivity index (χ0) is 12.2. The molecule has 1 saturated carbocycles. The van der Waals surface area contributed by atoms with Crippen LogP contribution < -0.4 is 0 Å². The molecule has 0 amide bonds. The maximum absolute atomic E-state index is 2.73. The molecule has 0 bridgehead atoms. The smallest absolute Gasteiger partial charge is 0.0483 e. The van der Waals surface area contributed by atoms with E-state index < -0.39 is 16.1 Å². The molecule has 0 N–H and O–H groups in total. The fraction of sp³-hybridized carbons (Fsp3) is 0.857. The van der Waals surface area contributed by atoms with Gasteiger partial charge in [0, 0.05) is 16.1 Å². The first-order valence-corrected chi connectivity index (χ1v) is 14.1. The monoisotopic (exact) mass is 252 g/mol. The maximum atomic E-state index is 2.73.